The molecule has 1 N–H and O–H groups in total. The fourth-order valence-electron chi connectivity index (χ4n) is 1.38. The molecule has 0 bridgehead atoms. The number of halogens is 4. The average Bonchev–Trinajstić information content (AvgIpc) is 2.37. The number of pyridine rings is 1. The molecule has 1 aromatic carbocycles. The third-order valence-corrected chi connectivity index (χ3v) is 3.21. The molecule has 0 aliphatic rings. The van der Waals surface area contributed by atoms with Crippen molar-refractivity contribution >= 4 is 39.1 Å². The van der Waals surface area contributed by atoms with Crippen molar-refractivity contribution < 1.29 is 13.6 Å². The van der Waals surface area contributed by atoms with Gasteiger partial charge in [0.25, 0.3) is 5.91 Å². The van der Waals surface area contributed by atoms with E-state index >= 15 is 0 Å². The Labute approximate surface area is 120 Å². The molecule has 1 aromatic heterocycles. The maximum Gasteiger partial charge on any atom is 0.259 e. The van der Waals surface area contributed by atoms with Gasteiger partial charge in [0.1, 0.15) is 16.8 Å². The fraction of sp³-hybridized carbons (Fsp3) is 0. The van der Waals surface area contributed by atoms with Gasteiger partial charge in [-0.1, -0.05) is 17.7 Å². The molecule has 0 fully saturated rings. The van der Waals surface area contributed by atoms with Crippen molar-refractivity contribution in [1.82, 2.24) is 4.98 Å². The van der Waals surface area contributed by atoms with Crippen LogP contribution in [0.4, 0.5) is 14.5 Å². The van der Waals surface area contributed by atoms with Gasteiger partial charge in [-0.2, -0.15) is 0 Å². The third-order valence-electron chi connectivity index (χ3n) is 2.25. The van der Waals surface area contributed by atoms with Gasteiger partial charge in [-0.15, -0.1) is 0 Å². The largest absolute Gasteiger partial charge is 0.318 e. The minimum Gasteiger partial charge on any atom is -0.318 e. The lowest BCUT2D eigenvalue weighted by molar-refractivity contribution is 0.102. The number of rotatable bonds is 2. The van der Waals surface area contributed by atoms with E-state index in [1.165, 1.54) is 12.1 Å². The predicted octanol–water partition coefficient (Wildman–Crippen LogP) is 4.03. The van der Waals surface area contributed by atoms with E-state index in [-0.39, 0.29) is 16.4 Å². The van der Waals surface area contributed by atoms with Crippen LogP contribution in [-0.4, -0.2) is 10.9 Å². The van der Waals surface area contributed by atoms with Crippen molar-refractivity contribution in [2.75, 3.05) is 5.32 Å². The summed E-state index contributed by atoms with van der Waals surface area (Å²) in [6, 6.07) is 5.15. The van der Waals surface area contributed by atoms with Gasteiger partial charge in [0.15, 0.2) is 0 Å². The van der Waals surface area contributed by atoms with Gasteiger partial charge >= 0.3 is 0 Å². The lowest BCUT2D eigenvalue weighted by Crippen LogP contribution is -2.14. The maximum atomic E-state index is 13.5. The molecular weight excluding hydrogens is 341 g/mol. The van der Waals surface area contributed by atoms with Gasteiger partial charge in [0, 0.05) is 4.47 Å². The summed E-state index contributed by atoms with van der Waals surface area (Å²) in [5.74, 6) is -2.08. The molecule has 0 unspecified atom stereocenters. The van der Waals surface area contributed by atoms with Crippen LogP contribution in [0.2, 0.25) is 5.15 Å². The number of amides is 1. The molecule has 0 spiro atoms. The molecule has 2 aromatic rings. The number of carbonyl (C=O) groups excluding carboxylic acids is 1. The van der Waals surface area contributed by atoms with E-state index in [2.05, 4.69) is 26.2 Å². The zero-order chi connectivity index (χ0) is 14.0. The molecule has 0 radical (unpaired) electrons. The van der Waals surface area contributed by atoms with Gasteiger partial charge < -0.3 is 5.32 Å². The summed E-state index contributed by atoms with van der Waals surface area (Å²) in [6.45, 7) is 0. The summed E-state index contributed by atoms with van der Waals surface area (Å²) in [6.07, 6.45) is 0.887. The van der Waals surface area contributed by atoms with Crippen molar-refractivity contribution in [2.24, 2.45) is 0 Å². The first kappa shape index (κ1) is 13.9. The van der Waals surface area contributed by atoms with Crippen LogP contribution in [0, 0.1) is 11.6 Å². The van der Waals surface area contributed by atoms with E-state index < -0.39 is 17.5 Å². The summed E-state index contributed by atoms with van der Waals surface area (Å²) in [5.41, 5.74) is -0.218. The maximum absolute atomic E-state index is 13.5. The molecule has 0 saturated carbocycles. The molecule has 7 heteroatoms. The summed E-state index contributed by atoms with van der Waals surface area (Å²) >= 11 is 8.80. The van der Waals surface area contributed by atoms with E-state index in [1.54, 1.807) is 6.07 Å². The van der Waals surface area contributed by atoms with E-state index in [0.29, 0.717) is 4.47 Å². The van der Waals surface area contributed by atoms with Crippen molar-refractivity contribution in [3.63, 3.8) is 0 Å². The van der Waals surface area contributed by atoms with Crippen LogP contribution < -0.4 is 5.32 Å². The van der Waals surface area contributed by atoms with E-state index in [1.807, 2.05) is 0 Å². The monoisotopic (exact) mass is 346 g/mol. The number of hydrogen-bond donors (Lipinski definition) is 1. The quantitative estimate of drug-likeness (QED) is 0.834. The van der Waals surface area contributed by atoms with Crippen molar-refractivity contribution in [3.8, 4) is 0 Å². The van der Waals surface area contributed by atoms with Gasteiger partial charge in [0.05, 0.1) is 17.4 Å². The minimum atomic E-state index is -0.747. The second kappa shape index (κ2) is 5.63. The lowest BCUT2D eigenvalue weighted by Gasteiger charge is -2.09. The van der Waals surface area contributed by atoms with Gasteiger partial charge in [0.2, 0.25) is 0 Å². The average molecular weight is 348 g/mol. The summed E-state index contributed by atoms with van der Waals surface area (Å²) < 4.78 is 26.9. The van der Waals surface area contributed by atoms with Crippen LogP contribution in [0.15, 0.2) is 34.9 Å². The number of nitrogens with zero attached hydrogens (tertiary/aromatic N) is 1. The topological polar surface area (TPSA) is 42.0 Å². The molecule has 0 saturated heterocycles. The minimum absolute atomic E-state index is 0.0483. The highest BCUT2D eigenvalue weighted by Crippen LogP contribution is 2.26. The highest BCUT2D eigenvalue weighted by atomic mass is 79.9. The smallest absolute Gasteiger partial charge is 0.259 e. The van der Waals surface area contributed by atoms with Crippen molar-refractivity contribution in [1.29, 1.82) is 0 Å². The first-order valence-electron chi connectivity index (χ1n) is 5.05. The number of aromatic nitrogens is 1. The van der Waals surface area contributed by atoms with Crippen molar-refractivity contribution in [2.45, 2.75) is 0 Å². The summed E-state index contributed by atoms with van der Waals surface area (Å²) in [5, 5.41) is 2.15. The Morgan fingerprint density at radius 1 is 1.37 bits per heavy atom. The van der Waals surface area contributed by atoms with Gasteiger partial charge in [-0.3, -0.25) is 4.79 Å². The van der Waals surface area contributed by atoms with E-state index in [4.69, 9.17) is 11.6 Å². The van der Waals surface area contributed by atoms with E-state index in [0.717, 1.165) is 12.3 Å². The molecule has 0 atom stereocenters. The van der Waals surface area contributed by atoms with Crippen LogP contribution in [0.3, 0.4) is 0 Å². The Kier molecular flexibility index (Phi) is 4.11. The molecule has 1 amide bonds. The highest BCUT2D eigenvalue weighted by Gasteiger charge is 2.16. The van der Waals surface area contributed by atoms with Crippen molar-refractivity contribution in [3.05, 3.63) is 57.3 Å². The molecule has 98 valence electrons. The Balaban J connectivity index is 2.34. The normalized spacial score (nSPS) is 10.3. The number of nitrogens with one attached hydrogen (secondary N) is 1. The zero-order valence-electron chi connectivity index (χ0n) is 9.25. The standard InChI is InChI=1S/C12H6BrClF2N2O/c13-8-2-1-3-9(16)10(8)18-12(19)7-4-6(15)5-17-11(7)14/h1-5H,(H,18,19). The van der Waals surface area contributed by atoms with Crippen LogP contribution in [-0.2, 0) is 0 Å². The molecule has 3 nitrogen and oxygen atoms in total. The molecule has 0 aliphatic heterocycles. The SMILES string of the molecule is O=C(Nc1c(F)cccc1Br)c1cc(F)cnc1Cl. The number of anilines is 1. The molecule has 0 aliphatic carbocycles. The Morgan fingerprint density at radius 2 is 2.11 bits per heavy atom. The van der Waals surface area contributed by atoms with Crippen LogP contribution in [0.25, 0.3) is 0 Å². The first-order valence-corrected chi connectivity index (χ1v) is 6.22. The van der Waals surface area contributed by atoms with E-state index in [9.17, 15) is 13.6 Å². The number of hydrogen-bond acceptors (Lipinski definition) is 2. The number of carbonyl (C=O) groups is 1. The molecular formula is C12H6BrClF2N2O. The van der Waals surface area contributed by atoms with Gasteiger partial charge in [-0.25, -0.2) is 13.8 Å². The van der Waals surface area contributed by atoms with Crippen LogP contribution >= 0.6 is 27.5 Å². The Bertz CT molecular complexity index is 631. The third kappa shape index (κ3) is 3.08. The molecule has 2 rings (SSSR count). The van der Waals surface area contributed by atoms with Crippen LogP contribution in [0.5, 0.6) is 0 Å². The summed E-state index contributed by atoms with van der Waals surface area (Å²) in [4.78, 5) is 15.4. The Morgan fingerprint density at radius 3 is 2.79 bits per heavy atom. The number of para-hydroxylation sites is 1. The lowest BCUT2D eigenvalue weighted by atomic mass is 10.2. The Hall–Kier alpha value is -1.53. The predicted molar refractivity (Wildman–Crippen MR) is 71.3 cm³/mol. The summed E-state index contributed by atoms with van der Waals surface area (Å²) in [7, 11) is 0. The highest BCUT2D eigenvalue weighted by molar-refractivity contribution is 9.10. The fourth-order valence-corrected chi connectivity index (χ4v) is 2.01. The second-order valence-corrected chi connectivity index (χ2v) is 4.76. The van der Waals surface area contributed by atoms with Gasteiger partial charge in [-0.05, 0) is 34.1 Å². The zero-order valence-corrected chi connectivity index (χ0v) is 11.6. The molecule has 1 heterocycles. The second-order valence-electron chi connectivity index (χ2n) is 3.54. The van der Waals surface area contributed by atoms with Crippen LogP contribution in [0.1, 0.15) is 10.4 Å². The number of benzene rings is 1. The molecule has 19 heavy (non-hydrogen) atoms. The first-order chi connectivity index (χ1) is 8.99.